The lowest BCUT2D eigenvalue weighted by Gasteiger charge is -2.13. The molecule has 0 aliphatic rings. The minimum absolute atomic E-state index is 0.0738. The Morgan fingerprint density at radius 1 is 1.25 bits per heavy atom. The van der Waals surface area contributed by atoms with E-state index in [9.17, 15) is 4.79 Å². The van der Waals surface area contributed by atoms with Crippen molar-refractivity contribution in [2.45, 2.75) is 0 Å². The van der Waals surface area contributed by atoms with E-state index in [1.165, 1.54) is 27.4 Å². The first-order valence-electron chi connectivity index (χ1n) is 4.35. The molecular weight excluding hydrogens is 234 g/mol. The van der Waals surface area contributed by atoms with Crippen molar-refractivity contribution in [1.29, 1.82) is 0 Å². The fourth-order valence-electron chi connectivity index (χ4n) is 1.25. The minimum atomic E-state index is -0.612. The number of nitrogen functional groups attached to an aromatic ring is 1. The van der Waals surface area contributed by atoms with Crippen LogP contribution in [0.3, 0.4) is 0 Å². The summed E-state index contributed by atoms with van der Waals surface area (Å²) in [6, 6.07) is 1.48. The summed E-state index contributed by atoms with van der Waals surface area (Å²) in [6.07, 6.45) is 0. The van der Waals surface area contributed by atoms with Gasteiger partial charge >= 0.3 is 5.97 Å². The van der Waals surface area contributed by atoms with Gasteiger partial charge in [0.15, 0.2) is 0 Å². The summed E-state index contributed by atoms with van der Waals surface area (Å²) in [5.41, 5.74) is 5.89. The van der Waals surface area contributed by atoms with Gasteiger partial charge in [-0.1, -0.05) is 11.6 Å². The molecule has 1 rings (SSSR count). The number of rotatable bonds is 3. The van der Waals surface area contributed by atoms with E-state index in [2.05, 4.69) is 4.74 Å². The molecule has 0 amide bonds. The highest BCUT2D eigenvalue weighted by molar-refractivity contribution is 6.35. The standard InChI is InChI=1S/C10H12ClNO4/c1-14-5-4-6(15-2)8(11)9(12)7(5)10(13)16-3/h4H,12H2,1-3H3. The lowest BCUT2D eigenvalue weighted by Crippen LogP contribution is -2.09. The SMILES string of the molecule is COC(=O)c1c(OC)cc(OC)c(Cl)c1N. The maximum absolute atomic E-state index is 11.5. The van der Waals surface area contributed by atoms with Crippen molar-refractivity contribution >= 4 is 23.3 Å². The lowest BCUT2D eigenvalue weighted by atomic mass is 10.1. The van der Waals surface area contributed by atoms with Crippen LogP contribution in [0.4, 0.5) is 5.69 Å². The number of halogens is 1. The maximum atomic E-state index is 11.5. The van der Waals surface area contributed by atoms with Crippen LogP contribution in [-0.2, 0) is 4.74 Å². The Hall–Kier alpha value is -1.62. The molecule has 1 aromatic carbocycles. The highest BCUT2D eigenvalue weighted by atomic mass is 35.5. The fraction of sp³-hybridized carbons (Fsp3) is 0.300. The predicted octanol–water partition coefficient (Wildman–Crippen LogP) is 1.73. The molecule has 0 radical (unpaired) electrons. The summed E-state index contributed by atoms with van der Waals surface area (Å²) in [5.74, 6) is -0.0202. The summed E-state index contributed by atoms with van der Waals surface area (Å²) in [7, 11) is 4.10. The first-order valence-corrected chi connectivity index (χ1v) is 4.72. The molecule has 16 heavy (non-hydrogen) atoms. The Bertz CT molecular complexity index is 420. The molecular formula is C10H12ClNO4. The Kier molecular flexibility index (Phi) is 3.84. The van der Waals surface area contributed by atoms with Gasteiger partial charge in [0.25, 0.3) is 0 Å². The molecule has 0 aliphatic heterocycles. The van der Waals surface area contributed by atoms with Crippen molar-refractivity contribution in [2.24, 2.45) is 0 Å². The lowest BCUT2D eigenvalue weighted by molar-refractivity contribution is 0.0598. The molecule has 0 aliphatic carbocycles. The van der Waals surface area contributed by atoms with Gasteiger partial charge in [-0.2, -0.15) is 0 Å². The summed E-state index contributed by atoms with van der Waals surface area (Å²) < 4.78 is 14.6. The summed E-state index contributed by atoms with van der Waals surface area (Å²) >= 11 is 5.92. The van der Waals surface area contributed by atoms with Crippen LogP contribution in [-0.4, -0.2) is 27.3 Å². The van der Waals surface area contributed by atoms with E-state index < -0.39 is 5.97 Å². The largest absolute Gasteiger partial charge is 0.496 e. The Morgan fingerprint density at radius 2 is 1.81 bits per heavy atom. The highest BCUT2D eigenvalue weighted by Crippen LogP contribution is 2.39. The summed E-state index contributed by atoms with van der Waals surface area (Å²) in [5, 5.41) is 0.156. The van der Waals surface area contributed by atoms with Crippen molar-refractivity contribution in [3.8, 4) is 11.5 Å². The molecule has 0 unspecified atom stereocenters. The van der Waals surface area contributed by atoms with E-state index in [0.29, 0.717) is 5.75 Å². The first kappa shape index (κ1) is 12.4. The van der Waals surface area contributed by atoms with Gasteiger partial charge in [0, 0.05) is 6.07 Å². The number of methoxy groups -OCH3 is 3. The number of hydrogen-bond donors (Lipinski definition) is 1. The number of carbonyl (C=O) groups excluding carboxylic acids is 1. The number of nitrogens with two attached hydrogens (primary N) is 1. The topological polar surface area (TPSA) is 70.8 Å². The normalized spacial score (nSPS) is 9.75. The van der Waals surface area contributed by atoms with Crippen molar-refractivity contribution in [2.75, 3.05) is 27.1 Å². The van der Waals surface area contributed by atoms with Gasteiger partial charge in [0.2, 0.25) is 0 Å². The van der Waals surface area contributed by atoms with Gasteiger partial charge in [-0.05, 0) is 0 Å². The average Bonchev–Trinajstić information content (AvgIpc) is 2.31. The summed E-state index contributed by atoms with van der Waals surface area (Å²) in [4.78, 5) is 11.5. The van der Waals surface area contributed by atoms with Crippen LogP contribution in [0.1, 0.15) is 10.4 Å². The zero-order chi connectivity index (χ0) is 12.3. The Labute approximate surface area is 98.0 Å². The second-order valence-electron chi connectivity index (χ2n) is 2.88. The third kappa shape index (κ3) is 1.99. The molecule has 0 atom stereocenters. The van der Waals surface area contributed by atoms with Crippen molar-refractivity contribution in [1.82, 2.24) is 0 Å². The van der Waals surface area contributed by atoms with Crippen LogP contribution in [0.15, 0.2) is 6.07 Å². The van der Waals surface area contributed by atoms with Crippen molar-refractivity contribution < 1.29 is 19.0 Å². The average molecular weight is 246 g/mol. The van der Waals surface area contributed by atoms with E-state index in [1.807, 2.05) is 0 Å². The third-order valence-corrected chi connectivity index (χ3v) is 2.45. The van der Waals surface area contributed by atoms with Gasteiger partial charge in [-0.3, -0.25) is 0 Å². The maximum Gasteiger partial charge on any atom is 0.343 e. The van der Waals surface area contributed by atoms with Gasteiger partial charge in [-0.25, -0.2) is 4.79 Å². The number of anilines is 1. The summed E-state index contributed by atoms with van der Waals surface area (Å²) in [6.45, 7) is 0. The Morgan fingerprint density at radius 3 is 2.25 bits per heavy atom. The zero-order valence-corrected chi connectivity index (χ0v) is 9.92. The molecule has 0 saturated carbocycles. The molecule has 5 nitrogen and oxygen atoms in total. The van der Waals surface area contributed by atoms with Crippen molar-refractivity contribution in [3.63, 3.8) is 0 Å². The van der Waals surface area contributed by atoms with Gasteiger partial charge < -0.3 is 19.9 Å². The molecule has 0 saturated heterocycles. The van der Waals surface area contributed by atoms with Crippen molar-refractivity contribution in [3.05, 3.63) is 16.7 Å². The van der Waals surface area contributed by atoms with Crippen LogP contribution in [0.25, 0.3) is 0 Å². The van der Waals surface area contributed by atoms with E-state index in [-0.39, 0.29) is 22.0 Å². The number of benzene rings is 1. The smallest absolute Gasteiger partial charge is 0.343 e. The van der Waals surface area contributed by atoms with E-state index in [0.717, 1.165) is 0 Å². The molecule has 88 valence electrons. The third-order valence-electron chi connectivity index (χ3n) is 2.06. The monoisotopic (exact) mass is 245 g/mol. The number of hydrogen-bond acceptors (Lipinski definition) is 5. The zero-order valence-electron chi connectivity index (χ0n) is 9.17. The molecule has 0 bridgehead atoms. The second kappa shape index (κ2) is 4.94. The van der Waals surface area contributed by atoms with Crippen LogP contribution in [0.2, 0.25) is 5.02 Å². The number of carbonyl (C=O) groups is 1. The number of esters is 1. The van der Waals surface area contributed by atoms with E-state index in [1.54, 1.807) is 0 Å². The van der Waals surface area contributed by atoms with Crippen LogP contribution in [0.5, 0.6) is 11.5 Å². The first-order chi connectivity index (χ1) is 7.56. The molecule has 6 heteroatoms. The molecule has 2 N–H and O–H groups in total. The Balaban J connectivity index is 3.47. The fourth-order valence-corrected chi connectivity index (χ4v) is 1.48. The molecule has 1 aromatic rings. The van der Waals surface area contributed by atoms with Crippen LogP contribution >= 0.6 is 11.6 Å². The molecule has 0 spiro atoms. The quantitative estimate of drug-likeness (QED) is 0.649. The van der Waals surface area contributed by atoms with Gasteiger partial charge in [-0.15, -0.1) is 0 Å². The predicted molar refractivity (Wildman–Crippen MR) is 60.3 cm³/mol. The van der Waals surface area contributed by atoms with Gasteiger partial charge in [0.05, 0.1) is 27.0 Å². The van der Waals surface area contributed by atoms with E-state index in [4.69, 9.17) is 26.8 Å². The van der Waals surface area contributed by atoms with E-state index >= 15 is 0 Å². The van der Waals surface area contributed by atoms with Crippen LogP contribution in [0, 0.1) is 0 Å². The second-order valence-corrected chi connectivity index (χ2v) is 3.25. The minimum Gasteiger partial charge on any atom is -0.496 e. The molecule has 0 fully saturated rings. The van der Waals surface area contributed by atoms with Crippen LogP contribution < -0.4 is 15.2 Å². The highest BCUT2D eigenvalue weighted by Gasteiger charge is 2.22. The van der Waals surface area contributed by atoms with Gasteiger partial charge in [0.1, 0.15) is 22.1 Å². The number of ether oxygens (including phenoxy) is 3. The molecule has 0 aromatic heterocycles. The molecule has 0 heterocycles.